The second-order valence-electron chi connectivity index (χ2n) is 9.33. The zero-order valence-electron chi connectivity index (χ0n) is 20.7. The van der Waals surface area contributed by atoms with Crippen LogP contribution in [0.15, 0.2) is 89.1 Å². The lowest BCUT2D eigenvalue weighted by molar-refractivity contribution is -0.118. The van der Waals surface area contributed by atoms with Crippen LogP contribution in [-0.2, 0) is 10.2 Å². The molecule has 1 heterocycles. The van der Waals surface area contributed by atoms with Crippen molar-refractivity contribution in [3.05, 3.63) is 95.8 Å². The Kier molecular flexibility index (Phi) is 7.64. The number of carbonyl (C=O) groups excluding carboxylic acids is 1. The Morgan fingerprint density at radius 3 is 2.28 bits per heavy atom. The summed E-state index contributed by atoms with van der Waals surface area (Å²) in [5.74, 6) is 0.211. The molecule has 36 heavy (non-hydrogen) atoms. The quantitative estimate of drug-likeness (QED) is 0.191. The maximum Gasteiger partial charge on any atom is 0.250 e. The SMILES string of the molecule is CC(=NNC(=O)CSc1nnc(-c2ccc(C(C)(C)C)cc2)n1-c1ccccc1)c1ccc(F)cc1. The van der Waals surface area contributed by atoms with Crippen LogP contribution in [0.25, 0.3) is 17.1 Å². The minimum atomic E-state index is -0.320. The van der Waals surface area contributed by atoms with Crippen molar-refractivity contribution < 1.29 is 9.18 Å². The molecular formula is C28H28FN5OS. The number of hydrogen-bond donors (Lipinski definition) is 1. The van der Waals surface area contributed by atoms with Gasteiger partial charge in [0, 0.05) is 11.3 Å². The highest BCUT2D eigenvalue weighted by molar-refractivity contribution is 7.99. The summed E-state index contributed by atoms with van der Waals surface area (Å²) >= 11 is 1.28. The van der Waals surface area contributed by atoms with Gasteiger partial charge in [-0.05, 0) is 47.7 Å². The Morgan fingerprint density at radius 2 is 1.64 bits per heavy atom. The molecule has 4 rings (SSSR count). The Morgan fingerprint density at radius 1 is 0.972 bits per heavy atom. The number of nitrogens with zero attached hydrogens (tertiary/aromatic N) is 4. The lowest BCUT2D eigenvalue weighted by Crippen LogP contribution is -2.21. The molecule has 0 bridgehead atoms. The molecule has 0 unspecified atom stereocenters. The van der Waals surface area contributed by atoms with Crippen molar-refractivity contribution >= 4 is 23.4 Å². The number of aromatic nitrogens is 3. The van der Waals surface area contributed by atoms with Gasteiger partial charge in [-0.1, -0.05) is 87.1 Å². The van der Waals surface area contributed by atoms with E-state index in [0.717, 1.165) is 16.8 Å². The summed E-state index contributed by atoms with van der Waals surface area (Å²) in [6, 6.07) is 24.1. The Bertz CT molecular complexity index is 1360. The number of hydrazone groups is 1. The molecule has 0 aliphatic heterocycles. The van der Waals surface area contributed by atoms with Crippen molar-refractivity contribution in [1.29, 1.82) is 0 Å². The smallest absolute Gasteiger partial charge is 0.250 e. The normalized spacial score (nSPS) is 12.0. The fourth-order valence-corrected chi connectivity index (χ4v) is 4.29. The van der Waals surface area contributed by atoms with E-state index in [-0.39, 0.29) is 22.9 Å². The topological polar surface area (TPSA) is 72.2 Å². The van der Waals surface area contributed by atoms with Gasteiger partial charge in [0.2, 0.25) is 0 Å². The van der Waals surface area contributed by atoms with Crippen LogP contribution in [0.3, 0.4) is 0 Å². The summed E-state index contributed by atoms with van der Waals surface area (Å²) in [7, 11) is 0. The Balaban J connectivity index is 1.53. The first-order valence-corrected chi connectivity index (χ1v) is 12.5. The van der Waals surface area contributed by atoms with Crippen LogP contribution in [0, 0.1) is 5.82 Å². The third-order valence-corrected chi connectivity index (χ3v) is 6.53. The second kappa shape index (κ2) is 10.9. The number of amides is 1. The van der Waals surface area contributed by atoms with Crippen LogP contribution in [-0.4, -0.2) is 32.1 Å². The van der Waals surface area contributed by atoms with Gasteiger partial charge < -0.3 is 0 Å². The molecule has 1 N–H and O–H groups in total. The van der Waals surface area contributed by atoms with E-state index >= 15 is 0 Å². The third kappa shape index (κ3) is 6.07. The fraction of sp³-hybridized carbons (Fsp3) is 0.214. The standard InChI is InChI=1S/C28H28FN5OS/c1-19(20-12-16-23(29)17-13-20)30-31-25(35)18-36-27-33-32-26(34(27)24-8-6-5-7-9-24)21-10-14-22(15-11-21)28(2,3)4/h5-17H,18H2,1-4H3,(H,31,35). The summed E-state index contributed by atoms with van der Waals surface area (Å²) in [5.41, 5.74) is 7.01. The van der Waals surface area contributed by atoms with Crippen molar-refractivity contribution in [2.45, 2.75) is 38.3 Å². The van der Waals surface area contributed by atoms with E-state index in [1.165, 1.54) is 29.5 Å². The molecule has 0 fully saturated rings. The lowest BCUT2D eigenvalue weighted by atomic mass is 9.87. The zero-order chi connectivity index (χ0) is 25.7. The molecule has 184 valence electrons. The zero-order valence-corrected chi connectivity index (χ0v) is 21.5. The molecule has 0 saturated heterocycles. The highest BCUT2D eigenvalue weighted by Gasteiger charge is 2.19. The predicted molar refractivity (Wildman–Crippen MR) is 143 cm³/mol. The first-order chi connectivity index (χ1) is 17.2. The average Bonchev–Trinajstić information content (AvgIpc) is 3.30. The lowest BCUT2D eigenvalue weighted by Gasteiger charge is -2.19. The van der Waals surface area contributed by atoms with Crippen LogP contribution in [0.5, 0.6) is 0 Å². The van der Waals surface area contributed by atoms with Crippen LogP contribution >= 0.6 is 11.8 Å². The summed E-state index contributed by atoms with van der Waals surface area (Å²) in [5, 5.41) is 13.6. The van der Waals surface area contributed by atoms with Gasteiger partial charge >= 0.3 is 0 Å². The van der Waals surface area contributed by atoms with E-state index in [4.69, 9.17) is 0 Å². The van der Waals surface area contributed by atoms with Gasteiger partial charge in [-0.15, -0.1) is 10.2 Å². The van der Waals surface area contributed by atoms with Crippen molar-refractivity contribution in [3.8, 4) is 17.1 Å². The van der Waals surface area contributed by atoms with Gasteiger partial charge in [0.25, 0.3) is 5.91 Å². The number of carbonyl (C=O) groups is 1. The van der Waals surface area contributed by atoms with Crippen molar-refractivity contribution in [2.75, 3.05) is 5.75 Å². The van der Waals surface area contributed by atoms with E-state index in [9.17, 15) is 9.18 Å². The molecule has 1 aromatic heterocycles. The van der Waals surface area contributed by atoms with Gasteiger partial charge in [0.1, 0.15) is 5.82 Å². The molecule has 0 atom stereocenters. The van der Waals surface area contributed by atoms with Crippen LogP contribution in [0.4, 0.5) is 4.39 Å². The maximum absolute atomic E-state index is 13.1. The fourth-order valence-electron chi connectivity index (χ4n) is 3.54. The molecule has 0 radical (unpaired) electrons. The van der Waals surface area contributed by atoms with E-state index < -0.39 is 0 Å². The van der Waals surface area contributed by atoms with Crippen molar-refractivity contribution in [1.82, 2.24) is 20.2 Å². The molecule has 0 saturated carbocycles. The first kappa shape index (κ1) is 25.3. The number of nitrogens with one attached hydrogen (secondary N) is 1. The molecule has 8 heteroatoms. The number of para-hydroxylation sites is 1. The number of hydrogen-bond acceptors (Lipinski definition) is 5. The highest BCUT2D eigenvalue weighted by atomic mass is 32.2. The molecule has 0 aliphatic carbocycles. The van der Waals surface area contributed by atoms with E-state index in [2.05, 4.69) is 65.8 Å². The average molecular weight is 502 g/mol. The van der Waals surface area contributed by atoms with Gasteiger partial charge in [0.15, 0.2) is 11.0 Å². The maximum atomic E-state index is 13.1. The second-order valence-corrected chi connectivity index (χ2v) is 10.3. The van der Waals surface area contributed by atoms with Gasteiger partial charge in [0.05, 0.1) is 11.5 Å². The van der Waals surface area contributed by atoms with Crippen molar-refractivity contribution in [2.24, 2.45) is 5.10 Å². The number of benzene rings is 3. The van der Waals surface area contributed by atoms with Crippen LogP contribution < -0.4 is 5.43 Å². The van der Waals surface area contributed by atoms with Crippen molar-refractivity contribution in [3.63, 3.8) is 0 Å². The Labute approximate surface area is 214 Å². The summed E-state index contributed by atoms with van der Waals surface area (Å²) < 4.78 is 15.1. The third-order valence-electron chi connectivity index (χ3n) is 5.60. The minimum Gasteiger partial charge on any atom is -0.272 e. The molecule has 1 amide bonds. The number of rotatable bonds is 7. The van der Waals surface area contributed by atoms with Crippen LogP contribution in [0.2, 0.25) is 0 Å². The number of thioether (sulfide) groups is 1. The van der Waals surface area contributed by atoms with Gasteiger partial charge in [-0.25, -0.2) is 9.82 Å². The molecule has 6 nitrogen and oxygen atoms in total. The predicted octanol–water partition coefficient (Wildman–Crippen LogP) is 6.00. The largest absolute Gasteiger partial charge is 0.272 e. The van der Waals surface area contributed by atoms with E-state index in [1.807, 2.05) is 34.9 Å². The molecule has 0 aliphatic rings. The first-order valence-electron chi connectivity index (χ1n) is 11.6. The van der Waals surface area contributed by atoms with E-state index in [0.29, 0.717) is 16.7 Å². The van der Waals surface area contributed by atoms with Gasteiger partial charge in [-0.3, -0.25) is 9.36 Å². The summed E-state index contributed by atoms with van der Waals surface area (Å²) in [6.07, 6.45) is 0. The van der Waals surface area contributed by atoms with E-state index in [1.54, 1.807) is 19.1 Å². The Hall–Kier alpha value is -3.78. The molecular weight excluding hydrogens is 473 g/mol. The number of halogens is 1. The highest BCUT2D eigenvalue weighted by Crippen LogP contribution is 2.30. The molecule has 0 spiro atoms. The molecule has 3 aromatic carbocycles. The van der Waals surface area contributed by atoms with Crippen LogP contribution in [0.1, 0.15) is 38.8 Å². The summed E-state index contributed by atoms with van der Waals surface area (Å²) in [4.78, 5) is 12.5. The monoisotopic (exact) mass is 501 g/mol. The molecule has 4 aromatic rings. The summed E-state index contributed by atoms with van der Waals surface area (Å²) in [6.45, 7) is 8.29. The van der Waals surface area contributed by atoms with Gasteiger partial charge in [-0.2, -0.15) is 5.10 Å². The minimum absolute atomic E-state index is 0.0531.